The first kappa shape index (κ1) is 10.7. The second-order valence-corrected chi connectivity index (χ2v) is 4.79. The molecule has 0 saturated carbocycles. The number of benzene rings is 1. The van der Waals surface area contributed by atoms with Crippen molar-refractivity contribution in [3.63, 3.8) is 0 Å². The molecule has 1 atom stereocenters. The van der Waals surface area contributed by atoms with Crippen LogP contribution >= 0.6 is 0 Å². The van der Waals surface area contributed by atoms with E-state index < -0.39 is 0 Å². The maximum Gasteiger partial charge on any atom is 0.120 e. The monoisotopic (exact) mass is 230 g/mol. The van der Waals surface area contributed by atoms with Crippen LogP contribution in [-0.4, -0.2) is 11.7 Å². The molecule has 1 unspecified atom stereocenters. The molecule has 3 rings (SSSR count). The molecule has 1 aromatic carbocycles. The number of rotatable bonds is 1. The van der Waals surface area contributed by atoms with E-state index in [4.69, 9.17) is 10.5 Å². The van der Waals surface area contributed by atoms with Gasteiger partial charge in [0.05, 0.1) is 12.6 Å². The molecular formula is C14H18N2O. The third kappa shape index (κ3) is 1.46. The SMILES string of the molecule is COc1ccc2c(C)c3n(c2c1)CCCC3N. The summed E-state index contributed by atoms with van der Waals surface area (Å²) in [7, 11) is 1.71. The minimum absolute atomic E-state index is 0.183. The lowest BCUT2D eigenvalue weighted by Gasteiger charge is -2.23. The first-order valence-corrected chi connectivity index (χ1v) is 6.14. The highest BCUT2D eigenvalue weighted by atomic mass is 16.5. The van der Waals surface area contributed by atoms with Crippen LogP contribution in [0.15, 0.2) is 18.2 Å². The van der Waals surface area contributed by atoms with Crippen molar-refractivity contribution < 1.29 is 4.74 Å². The Morgan fingerprint density at radius 3 is 3.00 bits per heavy atom. The van der Waals surface area contributed by atoms with Gasteiger partial charge in [0.2, 0.25) is 0 Å². The van der Waals surface area contributed by atoms with Gasteiger partial charge in [-0.3, -0.25) is 0 Å². The van der Waals surface area contributed by atoms with Crippen molar-refractivity contribution in [2.45, 2.75) is 32.4 Å². The summed E-state index contributed by atoms with van der Waals surface area (Å²) in [6, 6.07) is 6.46. The van der Waals surface area contributed by atoms with Crippen molar-refractivity contribution in [1.82, 2.24) is 4.57 Å². The zero-order valence-corrected chi connectivity index (χ0v) is 10.4. The molecule has 0 radical (unpaired) electrons. The molecule has 0 bridgehead atoms. The molecule has 0 fully saturated rings. The van der Waals surface area contributed by atoms with E-state index in [0.717, 1.165) is 25.1 Å². The highest BCUT2D eigenvalue weighted by Crippen LogP contribution is 2.35. The number of nitrogens with two attached hydrogens (primary N) is 1. The maximum absolute atomic E-state index is 6.23. The number of nitrogens with zero attached hydrogens (tertiary/aromatic N) is 1. The summed E-state index contributed by atoms with van der Waals surface area (Å²) < 4.78 is 7.67. The first-order valence-electron chi connectivity index (χ1n) is 6.14. The van der Waals surface area contributed by atoms with Crippen molar-refractivity contribution in [1.29, 1.82) is 0 Å². The predicted octanol–water partition coefficient (Wildman–Crippen LogP) is 2.75. The molecule has 0 saturated heterocycles. The van der Waals surface area contributed by atoms with Crippen LogP contribution in [0.25, 0.3) is 10.9 Å². The Labute approximate surface area is 101 Å². The van der Waals surface area contributed by atoms with Gasteiger partial charge in [-0.25, -0.2) is 0 Å². The van der Waals surface area contributed by atoms with E-state index in [9.17, 15) is 0 Å². The summed E-state index contributed by atoms with van der Waals surface area (Å²) in [5.41, 5.74) is 10.1. The standard InChI is InChI=1S/C14H18N2O/c1-9-11-6-5-10(17-2)8-13(11)16-7-3-4-12(15)14(9)16/h5-6,8,12H,3-4,7,15H2,1-2H3. The number of ether oxygens (including phenoxy) is 1. The fraction of sp³-hybridized carbons (Fsp3) is 0.429. The lowest BCUT2D eigenvalue weighted by atomic mass is 10.0. The zero-order valence-electron chi connectivity index (χ0n) is 10.4. The van der Waals surface area contributed by atoms with Gasteiger partial charge >= 0.3 is 0 Å². The normalized spacial score (nSPS) is 19.4. The Morgan fingerprint density at radius 2 is 2.24 bits per heavy atom. The molecule has 1 aliphatic rings. The van der Waals surface area contributed by atoms with E-state index in [1.807, 2.05) is 6.07 Å². The third-order valence-corrected chi connectivity index (χ3v) is 3.82. The molecule has 3 heteroatoms. The van der Waals surface area contributed by atoms with E-state index in [-0.39, 0.29) is 6.04 Å². The van der Waals surface area contributed by atoms with Crippen LogP contribution in [0, 0.1) is 6.92 Å². The van der Waals surface area contributed by atoms with Crippen molar-refractivity contribution in [2.75, 3.05) is 7.11 Å². The zero-order chi connectivity index (χ0) is 12.0. The lowest BCUT2D eigenvalue weighted by Crippen LogP contribution is -2.21. The van der Waals surface area contributed by atoms with Crippen LogP contribution in [-0.2, 0) is 6.54 Å². The fourth-order valence-electron chi connectivity index (χ4n) is 2.97. The summed E-state index contributed by atoms with van der Waals surface area (Å²) in [6.07, 6.45) is 2.25. The molecule has 90 valence electrons. The summed E-state index contributed by atoms with van der Waals surface area (Å²) in [6.45, 7) is 3.24. The molecule has 0 aliphatic carbocycles. The molecule has 0 spiro atoms. The maximum atomic E-state index is 6.23. The van der Waals surface area contributed by atoms with Crippen molar-refractivity contribution in [3.05, 3.63) is 29.5 Å². The van der Waals surface area contributed by atoms with Gasteiger partial charge in [-0.2, -0.15) is 0 Å². The van der Waals surface area contributed by atoms with Crippen molar-refractivity contribution >= 4 is 10.9 Å². The van der Waals surface area contributed by atoms with Crippen LogP contribution in [0.5, 0.6) is 5.75 Å². The molecule has 17 heavy (non-hydrogen) atoms. The highest BCUT2D eigenvalue weighted by Gasteiger charge is 2.22. The van der Waals surface area contributed by atoms with Crippen LogP contribution < -0.4 is 10.5 Å². The predicted molar refractivity (Wildman–Crippen MR) is 69.4 cm³/mol. The quantitative estimate of drug-likeness (QED) is 0.818. The van der Waals surface area contributed by atoms with Gasteiger partial charge in [0.15, 0.2) is 0 Å². The number of aromatic nitrogens is 1. The van der Waals surface area contributed by atoms with Crippen LogP contribution in [0.3, 0.4) is 0 Å². The number of hydrogen-bond donors (Lipinski definition) is 1. The number of methoxy groups -OCH3 is 1. The molecular weight excluding hydrogens is 212 g/mol. The minimum Gasteiger partial charge on any atom is -0.497 e. The minimum atomic E-state index is 0.183. The van der Waals surface area contributed by atoms with E-state index in [2.05, 4.69) is 23.6 Å². The molecule has 2 aromatic rings. The molecule has 3 nitrogen and oxygen atoms in total. The van der Waals surface area contributed by atoms with E-state index in [1.165, 1.54) is 22.2 Å². The summed E-state index contributed by atoms with van der Waals surface area (Å²) in [5, 5.41) is 1.30. The first-order chi connectivity index (χ1) is 8.22. The Kier molecular flexibility index (Phi) is 2.37. The number of aryl methyl sites for hydroxylation is 2. The number of fused-ring (bicyclic) bond motifs is 3. The third-order valence-electron chi connectivity index (χ3n) is 3.82. The molecule has 1 aliphatic heterocycles. The van der Waals surface area contributed by atoms with Gasteiger partial charge in [-0.1, -0.05) is 0 Å². The second kappa shape index (κ2) is 3.77. The molecule has 2 heterocycles. The highest BCUT2D eigenvalue weighted by molar-refractivity contribution is 5.87. The summed E-state index contributed by atoms with van der Waals surface area (Å²) in [5.74, 6) is 0.914. The van der Waals surface area contributed by atoms with Gasteiger partial charge in [-0.05, 0) is 37.5 Å². The lowest BCUT2D eigenvalue weighted by molar-refractivity contribution is 0.414. The fourth-order valence-corrected chi connectivity index (χ4v) is 2.97. The van der Waals surface area contributed by atoms with Crippen molar-refractivity contribution in [3.8, 4) is 5.75 Å². The van der Waals surface area contributed by atoms with Crippen LogP contribution in [0.4, 0.5) is 0 Å². The van der Waals surface area contributed by atoms with Crippen LogP contribution in [0.1, 0.15) is 30.1 Å². The number of hydrogen-bond acceptors (Lipinski definition) is 2. The van der Waals surface area contributed by atoms with Gasteiger partial charge in [0.25, 0.3) is 0 Å². The molecule has 2 N–H and O–H groups in total. The van der Waals surface area contributed by atoms with Crippen LogP contribution in [0.2, 0.25) is 0 Å². The molecule has 0 amide bonds. The average molecular weight is 230 g/mol. The Balaban J connectivity index is 2.32. The summed E-state index contributed by atoms with van der Waals surface area (Å²) >= 11 is 0. The summed E-state index contributed by atoms with van der Waals surface area (Å²) in [4.78, 5) is 0. The van der Waals surface area contributed by atoms with Gasteiger partial charge in [0.1, 0.15) is 5.75 Å². The smallest absolute Gasteiger partial charge is 0.120 e. The van der Waals surface area contributed by atoms with Gasteiger partial charge in [0, 0.05) is 29.7 Å². The average Bonchev–Trinajstić information content (AvgIpc) is 2.64. The van der Waals surface area contributed by atoms with Crippen molar-refractivity contribution in [2.24, 2.45) is 5.73 Å². The van der Waals surface area contributed by atoms with E-state index in [0.29, 0.717) is 0 Å². The Bertz CT molecular complexity index is 571. The Hall–Kier alpha value is -1.48. The van der Waals surface area contributed by atoms with Gasteiger partial charge in [-0.15, -0.1) is 0 Å². The van der Waals surface area contributed by atoms with E-state index >= 15 is 0 Å². The van der Waals surface area contributed by atoms with E-state index in [1.54, 1.807) is 7.11 Å². The second-order valence-electron chi connectivity index (χ2n) is 4.79. The van der Waals surface area contributed by atoms with Gasteiger partial charge < -0.3 is 15.0 Å². The largest absolute Gasteiger partial charge is 0.497 e. The Morgan fingerprint density at radius 1 is 1.41 bits per heavy atom. The topological polar surface area (TPSA) is 40.2 Å². The molecule has 1 aromatic heterocycles.